The van der Waals surface area contributed by atoms with Crippen molar-refractivity contribution >= 4 is 17.9 Å². The average Bonchev–Trinajstić information content (AvgIpc) is 3.15. The molecule has 6 nitrogen and oxygen atoms in total. The third-order valence-corrected chi connectivity index (χ3v) is 9.93. The van der Waals surface area contributed by atoms with Gasteiger partial charge in [0.2, 0.25) is 0 Å². The topological polar surface area (TPSA) is 78.9 Å². The van der Waals surface area contributed by atoms with E-state index in [1.54, 1.807) is 0 Å². The van der Waals surface area contributed by atoms with Gasteiger partial charge in [-0.15, -0.1) is 0 Å². The summed E-state index contributed by atoms with van der Waals surface area (Å²) >= 11 is 0. The minimum atomic E-state index is -0.769. The van der Waals surface area contributed by atoms with Crippen molar-refractivity contribution < 1.29 is 28.6 Å². The van der Waals surface area contributed by atoms with Crippen LogP contribution in [0.3, 0.4) is 0 Å². The number of hydrogen-bond acceptors (Lipinski definition) is 6. The number of esters is 3. The molecule has 0 aromatic heterocycles. The van der Waals surface area contributed by atoms with Crippen LogP contribution in [0.25, 0.3) is 0 Å². The van der Waals surface area contributed by atoms with Gasteiger partial charge in [-0.05, 0) is 70.6 Å². The maximum atomic E-state index is 12.5. The van der Waals surface area contributed by atoms with Gasteiger partial charge < -0.3 is 14.2 Å². The van der Waals surface area contributed by atoms with E-state index in [2.05, 4.69) is 45.1 Å². The van der Waals surface area contributed by atoms with E-state index in [-0.39, 0.29) is 31.1 Å². The number of hydrogen-bond donors (Lipinski definition) is 0. The Morgan fingerprint density at radius 3 is 0.943 bits per heavy atom. The molecule has 0 unspecified atom stereocenters. The number of carbonyl (C=O) groups excluding carboxylic acids is 3. The first-order chi connectivity index (χ1) is 26.0. The van der Waals surface area contributed by atoms with Crippen LogP contribution in [0.2, 0.25) is 0 Å². The first kappa shape index (κ1) is 50.9. The molecule has 0 atom stereocenters. The van der Waals surface area contributed by atoms with Gasteiger partial charge in [0.05, 0.1) is 0 Å². The van der Waals surface area contributed by atoms with E-state index in [0.29, 0.717) is 19.3 Å². The van der Waals surface area contributed by atoms with Crippen molar-refractivity contribution in [2.75, 3.05) is 13.2 Å². The first-order valence-electron chi connectivity index (χ1n) is 22.8. The monoisotopic (exact) mass is 748 g/mol. The van der Waals surface area contributed by atoms with Crippen LogP contribution >= 0.6 is 0 Å². The number of unbranched alkanes of at least 4 members (excludes halogenated alkanes) is 26. The Balaban J connectivity index is 4.18. The lowest BCUT2D eigenvalue weighted by Crippen LogP contribution is -2.30. The summed E-state index contributed by atoms with van der Waals surface area (Å²) < 4.78 is 16.6. The molecule has 53 heavy (non-hydrogen) atoms. The van der Waals surface area contributed by atoms with E-state index in [0.717, 1.165) is 83.5 Å². The number of rotatable bonds is 41. The highest BCUT2D eigenvalue weighted by molar-refractivity contribution is 5.71. The smallest absolute Gasteiger partial charge is 0.306 e. The van der Waals surface area contributed by atoms with Crippen LogP contribution in [0.15, 0.2) is 24.3 Å². The zero-order chi connectivity index (χ0) is 38.7. The van der Waals surface area contributed by atoms with Gasteiger partial charge in [0.15, 0.2) is 6.10 Å². The number of ether oxygens (including phenoxy) is 3. The fourth-order valence-corrected chi connectivity index (χ4v) is 6.43. The largest absolute Gasteiger partial charge is 0.462 e. The molecule has 0 aromatic rings. The molecular weight excluding hydrogens is 662 g/mol. The Hall–Kier alpha value is -2.11. The molecule has 310 valence electrons. The van der Waals surface area contributed by atoms with Gasteiger partial charge in [0, 0.05) is 19.3 Å². The summed E-state index contributed by atoms with van der Waals surface area (Å²) in [6.45, 7) is 6.53. The van der Waals surface area contributed by atoms with Crippen molar-refractivity contribution in [3.63, 3.8) is 0 Å². The van der Waals surface area contributed by atoms with E-state index in [9.17, 15) is 14.4 Å². The third kappa shape index (κ3) is 40.9. The molecule has 0 radical (unpaired) electrons. The summed E-state index contributed by atoms with van der Waals surface area (Å²) in [4.78, 5) is 37.4. The normalized spacial score (nSPS) is 11.6. The summed E-state index contributed by atoms with van der Waals surface area (Å²) in [5.74, 6) is -0.904. The van der Waals surface area contributed by atoms with Gasteiger partial charge in [-0.1, -0.05) is 173 Å². The molecule has 0 aromatic carbocycles. The molecule has 0 aliphatic rings. The van der Waals surface area contributed by atoms with E-state index in [1.165, 1.54) is 116 Å². The van der Waals surface area contributed by atoms with E-state index in [4.69, 9.17) is 14.2 Å². The summed E-state index contributed by atoms with van der Waals surface area (Å²) in [5.41, 5.74) is 0. The number of allylic oxidation sites excluding steroid dienone is 4. The van der Waals surface area contributed by atoms with Crippen molar-refractivity contribution in [3.8, 4) is 0 Å². The van der Waals surface area contributed by atoms with Gasteiger partial charge in [-0.25, -0.2) is 0 Å². The summed E-state index contributed by atoms with van der Waals surface area (Å²) in [6, 6.07) is 0. The van der Waals surface area contributed by atoms with E-state index < -0.39 is 6.10 Å². The zero-order valence-corrected chi connectivity index (χ0v) is 35.3. The molecule has 0 rings (SSSR count). The number of carbonyl (C=O) groups is 3. The standard InChI is InChI=1S/C47H86O6/c1-4-7-10-13-15-17-19-21-23-25-27-29-31-34-36-39-45(48)51-42-44(53-47(50)41-38-33-12-9-6-3)43-52-46(49)40-37-35-32-30-28-26-24-22-20-18-16-14-11-8-5-2/h21-24,44H,4-20,25-43H2,1-3H3/b23-21-,24-22-/i47+1. The van der Waals surface area contributed by atoms with Gasteiger partial charge in [0.25, 0.3) is 0 Å². The highest BCUT2D eigenvalue weighted by Gasteiger charge is 2.19. The molecule has 0 saturated heterocycles. The summed E-state index contributed by atoms with van der Waals surface area (Å²) in [7, 11) is 0. The predicted octanol–water partition coefficient (Wildman–Crippen LogP) is 14.4. The molecule has 6 heteroatoms. The average molecular weight is 748 g/mol. The predicted molar refractivity (Wildman–Crippen MR) is 224 cm³/mol. The van der Waals surface area contributed by atoms with Gasteiger partial charge in [-0.3, -0.25) is 14.4 Å². The molecule has 0 bridgehead atoms. The Kier molecular flexibility index (Phi) is 40.9. The summed E-state index contributed by atoms with van der Waals surface area (Å²) in [5, 5.41) is 0. The van der Waals surface area contributed by atoms with Crippen molar-refractivity contribution in [1.29, 1.82) is 0 Å². The fraction of sp³-hybridized carbons (Fsp3) is 0.851. The van der Waals surface area contributed by atoms with Crippen molar-refractivity contribution in [1.82, 2.24) is 0 Å². The van der Waals surface area contributed by atoms with Crippen LogP contribution in [-0.4, -0.2) is 37.2 Å². The van der Waals surface area contributed by atoms with Crippen LogP contribution < -0.4 is 0 Å². The second-order valence-electron chi connectivity index (χ2n) is 15.3. The first-order valence-corrected chi connectivity index (χ1v) is 22.8. The minimum Gasteiger partial charge on any atom is -0.462 e. The van der Waals surface area contributed by atoms with Crippen LogP contribution in [0.1, 0.15) is 239 Å². The second kappa shape index (κ2) is 42.6. The maximum absolute atomic E-state index is 12.5. The third-order valence-electron chi connectivity index (χ3n) is 9.93. The van der Waals surface area contributed by atoms with E-state index in [1.807, 2.05) is 0 Å². The van der Waals surface area contributed by atoms with Crippen molar-refractivity contribution in [3.05, 3.63) is 24.3 Å². The Morgan fingerprint density at radius 2 is 0.623 bits per heavy atom. The lowest BCUT2D eigenvalue weighted by Gasteiger charge is -2.18. The molecule has 0 spiro atoms. The van der Waals surface area contributed by atoms with Crippen LogP contribution in [0, 0.1) is 0 Å². The molecule has 0 aliphatic carbocycles. The maximum Gasteiger partial charge on any atom is 0.306 e. The molecule has 0 aliphatic heterocycles. The Bertz CT molecular complexity index is 809. The molecule has 0 fully saturated rings. The molecular formula is C47H86O6. The van der Waals surface area contributed by atoms with Crippen LogP contribution in [0.5, 0.6) is 0 Å². The second-order valence-corrected chi connectivity index (χ2v) is 15.3. The Morgan fingerprint density at radius 1 is 0.358 bits per heavy atom. The van der Waals surface area contributed by atoms with E-state index >= 15 is 0 Å². The Labute approximate surface area is 328 Å². The van der Waals surface area contributed by atoms with Crippen molar-refractivity contribution in [2.24, 2.45) is 0 Å². The van der Waals surface area contributed by atoms with Gasteiger partial charge >= 0.3 is 17.9 Å². The highest BCUT2D eigenvalue weighted by atomic mass is 16.7. The fourth-order valence-electron chi connectivity index (χ4n) is 6.43. The highest BCUT2D eigenvalue weighted by Crippen LogP contribution is 2.13. The molecule has 0 amide bonds. The summed E-state index contributed by atoms with van der Waals surface area (Å²) in [6.07, 6.45) is 46.2. The molecule has 0 N–H and O–H groups in total. The lowest BCUT2D eigenvalue weighted by molar-refractivity contribution is -0.167. The lowest BCUT2D eigenvalue weighted by atomic mass is 10.1. The van der Waals surface area contributed by atoms with Gasteiger partial charge in [0.1, 0.15) is 13.2 Å². The van der Waals surface area contributed by atoms with Crippen LogP contribution in [0.4, 0.5) is 0 Å². The van der Waals surface area contributed by atoms with Gasteiger partial charge in [-0.2, -0.15) is 0 Å². The SMILES string of the molecule is CCCCCCCC/C=C\CCCCCCCC(=O)OCC(COC(=O)CCCCCCC/C=C\CCCCCCCC)O[13C](=O)CCCCCCC. The minimum absolute atomic E-state index is 0.0772. The van der Waals surface area contributed by atoms with Crippen molar-refractivity contribution in [2.45, 2.75) is 245 Å². The molecule has 0 saturated carbocycles. The quantitative estimate of drug-likeness (QED) is 0.0204. The molecule has 0 heterocycles. The zero-order valence-electron chi connectivity index (χ0n) is 35.3. The van der Waals surface area contributed by atoms with Crippen LogP contribution in [-0.2, 0) is 28.6 Å².